The number of thiol groups is 1. The lowest BCUT2D eigenvalue weighted by Crippen LogP contribution is -2.15. The molecule has 0 aliphatic heterocycles. The second kappa shape index (κ2) is 5.00. The molecule has 3 nitrogen and oxygen atoms in total. The van der Waals surface area contributed by atoms with Crippen LogP contribution in [0.4, 0.5) is 5.69 Å². The molecular weight excluding hydrogens is 198 g/mol. The van der Waals surface area contributed by atoms with Crippen LogP contribution < -0.4 is 14.4 Å². The molecule has 0 heterocycles. The molecule has 1 aromatic rings. The van der Waals surface area contributed by atoms with Gasteiger partial charge in [0, 0.05) is 13.1 Å². The fourth-order valence-electron chi connectivity index (χ4n) is 1.17. The van der Waals surface area contributed by atoms with Gasteiger partial charge in [-0.1, -0.05) is 0 Å². The van der Waals surface area contributed by atoms with Crippen LogP contribution in [0.5, 0.6) is 11.5 Å². The van der Waals surface area contributed by atoms with E-state index in [2.05, 4.69) is 12.6 Å². The molecule has 0 amide bonds. The molecule has 0 aliphatic rings. The van der Waals surface area contributed by atoms with Crippen LogP contribution in [0.1, 0.15) is 0 Å². The predicted octanol–water partition coefficient (Wildman–Crippen LogP) is 2.03. The van der Waals surface area contributed by atoms with Crippen LogP contribution in [-0.4, -0.2) is 27.1 Å². The van der Waals surface area contributed by atoms with E-state index in [1.54, 1.807) is 14.2 Å². The van der Waals surface area contributed by atoms with Gasteiger partial charge in [-0.2, -0.15) is 12.6 Å². The van der Waals surface area contributed by atoms with Crippen molar-refractivity contribution >= 4 is 18.3 Å². The van der Waals surface area contributed by atoms with Gasteiger partial charge in [-0.05, 0) is 12.1 Å². The third kappa shape index (κ3) is 2.26. The first-order valence-electron chi connectivity index (χ1n) is 4.27. The molecule has 0 radical (unpaired) electrons. The molecule has 0 atom stereocenters. The van der Waals surface area contributed by atoms with Crippen molar-refractivity contribution < 1.29 is 9.47 Å². The molecule has 0 spiro atoms. The molecule has 1 aromatic carbocycles. The molecule has 0 aliphatic carbocycles. The zero-order valence-electron chi connectivity index (χ0n) is 8.65. The first-order chi connectivity index (χ1) is 6.72. The van der Waals surface area contributed by atoms with Gasteiger partial charge in [-0.25, -0.2) is 0 Å². The van der Waals surface area contributed by atoms with Gasteiger partial charge in [0.1, 0.15) is 11.5 Å². The SMILES string of the molecule is COc1ccc(OC)c(N(C)CS)c1. The lowest BCUT2D eigenvalue weighted by molar-refractivity contribution is 0.403. The molecule has 0 saturated heterocycles. The highest BCUT2D eigenvalue weighted by Crippen LogP contribution is 2.31. The summed E-state index contributed by atoms with van der Waals surface area (Å²) in [6.07, 6.45) is 0. The topological polar surface area (TPSA) is 21.7 Å². The van der Waals surface area contributed by atoms with Crippen molar-refractivity contribution in [1.82, 2.24) is 0 Å². The maximum atomic E-state index is 5.24. The highest BCUT2D eigenvalue weighted by molar-refractivity contribution is 7.80. The summed E-state index contributed by atoms with van der Waals surface area (Å²) in [4.78, 5) is 1.98. The number of rotatable bonds is 4. The van der Waals surface area contributed by atoms with E-state index in [1.807, 2.05) is 30.1 Å². The summed E-state index contributed by atoms with van der Waals surface area (Å²) in [7, 11) is 5.24. The Bertz CT molecular complexity index is 304. The molecule has 0 fully saturated rings. The molecule has 0 unspecified atom stereocenters. The third-order valence-corrected chi connectivity index (χ3v) is 2.43. The quantitative estimate of drug-likeness (QED) is 0.611. The summed E-state index contributed by atoms with van der Waals surface area (Å²) >= 11 is 4.21. The number of methoxy groups -OCH3 is 2. The van der Waals surface area contributed by atoms with Crippen LogP contribution in [0, 0.1) is 0 Å². The zero-order chi connectivity index (χ0) is 10.6. The van der Waals surface area contributed by atoms with Gasteiger partial charge < -0.3 is 14.4 Å². The lowest BCUT2D eigenvalue weighted by Gasteiger charge is -2.19. The summed E-state index contributed by atoms with van der Waals surface area (Å²) in [6.45, 7) is 0. The molecule has 1 rings (SSSR count). The number of nitrogens with zero attached hydrogens (tertiary/aromatic N) is 1. The van der Waals surface area contributed by atoms with E-state index in [4.69, 9.17) is 9.47 Å². The fourth-order valence-corrected chi connectivity index (χ4v) is 1.32. The Balaban J connectivity index is 3.08. The molecule has 78 valence electrons. The van der Waals surface area contributed by atoms with E-state index in [-0.39, 0.29) is 0 Å². The lowest BCUT2D eigenvalue weighted by atomic mass is 10.2. The molecule has 0 saturated carbocycles. The Morgan fingerprint density at radius 2 is 2.00 bits per heavy atom. The summed E-state index contributed by atoms with van der Waals surface area (Å²) in [5, 5.41) is 0. The largest absolute Gasteiger partial charge is 0.497 e. The Hall–Kier alpha value is -1.03. The molecule has 4 heteroatoms. The third-order valence-electron chi connectivity index (χ3n) is 2.01. The molecule has 0 aromatic heterocycles. The van der Waals surface area contributed by atoms with E-state index in [9.17, 15) is 0 Å². The first-order valence-corrected chi connectivity index (χ1v) is 4.90. The van der Waals surface area contributed by atoms with Gasteiger partial charge in [0.2, 0.25) is 0 Å². The van der Waals surface area contributed by atoms with Crippen molar-refractivity contribution in [2.24, 2.45) is 0 Å². The van der Waals surface area contributed by atoms with Crippen LogP contribution in [-0.2, 0) is 0 Å². The maximum absolute atomic E-state index is 5.24. The number of anilines is 1. The van der Waals surface area contributed by atoms with Gasteiger partial charge in [-0.3, -0.25) is 0 Å². The van der Waals surface area contributed by atoms with Gasteiger partial charge in [0.15, 0.2) is 0 Å². The normalized spacial score (nSPS) is 9.71. The highest BCUT2D eigenvalue weighted by atomic mass is 32.1. The predicted molar refractivity (Wildman–Crippen MR) is 61.8 cm³/mol. The first kappa shape index (κ1) is 11.0. The standard InChI is InChI=1S/C10H15NO2S/c1-11(7-14)9-6-8(12-2)4-5-10(9)13-3/h4-6,14H,7H2,1-3H3. The van der Waals surface area contributed by atoms with E-state index in [0.717, 1.165) is 17.2 Å². The van der Waals surface area contributed by atoms with Gasteiger partial charge >= 0.3 is 0 Å². The Morgan fingerprint density at radius 3 is 2.50 bits per heavy atom. The Kier molecular flexibility index (Phi) is 3.95. The zero-order valence-corrected chi connectivity index (χ0v) is 9.54. The number of ether oxygens (including phenoxy) is 2. The molecule has 14 heavy (non-hydrogen) atoms. The van der Waals surface area contributed by atoms with Crippen molar-refractivity contribution in [3.8, 4) is 11.5 Å². The summed E-state index contributed by atoms with van der Waals surface area (Å²) < 4.78 is 10.4. The van der Waals surface area contributed by atoms with Crippen molar-refractivity contribution in [3.05, 3.63) is 18.2 Å². The molecule has 0 N–H and O–H groups in total. The van der Waals surface area contributed by atoms with Crippen LogP contribution in [0.15, 0.2) is 18.2 Å². The second-order valence-corrected chi connectivity index (χ2v) is 3.16. The summed E-state index contributed by atoms with van der Waals surface area (Å²) in [6, 6.07) is 5.68. The van der Waals surface area contributed by atoms with Gasteiger partial charge in [0.25, 0.3) is 0 Å². The number of hydrogen-bond donors (Lipinski definition) is 1. The minimum atomic E-state index is 0.628. The van der Waals surface area contributed by atoms with Crippen molar-refractivity contribution in [1.29, 1.82) is 0 Å². The Morgan fingerprint density at radius 1 is 1.29 bits per heavy atom. The summed E-state index contributed by atoms with van der Waals surface area (Å²) in [5.41, 5.74) is 0.974. The van der Waals surface area contributed by atoms with Gasteiger partial charge in [0.05, 0.1) is 25.8 Å². The van der Waals surface area contributed by atoms with E-state index < -0.39 is 0 Å². The number of benzene rings is 1. The average molecular weight is 213 g/mol. The minimum Gasteiger partial charge on any atom is -0.497 e. The van der Waals surface area contributed by atoms with Crippen LogP contribution in [0.3, 0.4) is 0 Å². The van der Waals surface area contributed by atoms with Crippen molar-refractivity contribution in [2.45, 2.75) is 0 Å². The highest BCUT2D eigenvalue weighted by Gasteiger charge is 2.07. The van der Waals surface area contributed by atoms with Crippen LogP contribution in [0.2, 0.25) is 0 Å². The monoisotopic (exact) mass is 213 g/mol. The van der Waals surface area contributed by atoms with Crippen LogP contribution in [0.25, 0.3) is 0 Å². The van der Waals surface area contributed by atoms with Crippen molar-refractivity contribution in [3.63, 3.8) is 0 Å². The summed E-state index contributed by atoms with van der Waals surface area (Å²) in [5.74, 6) is 2.26. The van der Waals surface area contributed by atoms with Crippen molar-refractivity contribution in [2.75, 3.05) is 32.0 Å². The fraction of sp³-hybridized carbons (Fsp3) is 0.400. The molecule has 0 bridgehead atoms. The molecular formula is C10H15NO2S. The van der Waals surface area contributed by atoms with E-state index >= 15 is 0 Å². The van der Waals surface area contributed by atoms with Gasteiger partial charge in [-0.15, -0.1) is 0 Å². The number of hydrogen-bond acceptors (Lipinski definition) is 4. The van der Waals surface area contributed by atoms with E-state index in [0.29, 0.717) is 5.88 Å². The van der Waals surface area contributed by atoms with E-state index in [1.165, 1.54) is 0 Å². The maximum Gasteiger partial charge on any atom is 0.142 e. The minimum absolute atomic E-state index is 0.628. The van der Waals surface area contributed by atoms with Crippen LogP contribution >= 0.6 is 12.6 Å². The smallest absolute Gasteiger partial charge is 0.142 e. The average Bonchev–Trinajstić information content (AvgIpc) is 2.27. The second-order valence-electron chi connectivity index (χ2n) is 2.88. The Labute approximate surface area is 90.0 Å².